The summed E-state index contributed by atoms with van der Waals surface area (Å²) >= 11 is 1.72. The van der Waals surface area contributed by atoms with Gasteiger partial charge in [-0.15, -0.1) is 17.9 Å². The van der Waals surface area contributed by atoms with Crippen molar-refractivity contribution in [3.63, 3.8) is 0 Å². The van der Waals surface area contributed by atoms with E-state index in [1.807, 2.05) is 24.0 Å². The Kier molecular flexibility index (Phi) is 4.75. The topological polar surface area (TPSA) is 38.2 Å². The van der Waals surface area contributed by atoms with Crippen LogP contribution in [0.4, 0.5) is 0 Å². The van der Waals surface area contributed by atoms with Crippen LogP contribution in [0.3, 0.4) is 0 Å². The molecule has 0 aliphatic carbocycles. The third kappa shape index (κ3) is 3.56. The first kappa shape index (κ1) is 14.4. The first-order chi connectivity index (χ1) is 10.4. The van der Waals surface area contributed by atoms with Gasteiger partial charge in [-0.25, -0.2) is 4.98 Å². The Balaban J connectivity index is 1.68. The molecule has 1 aliphatic rings. The average Bonchev–Trinajstić information content (AvgIpc) is 3.00. The van der Waals surface area contributed by atoms with Crippen LogP contribution in [0.2, 0.25) is 0 Å². The summed E-state index contributed by atoms with van der Waals surface area (Å²) in [5.74, 6) is 0. The van der Waals surface area contributed by atoms with Crippen molar-refractivity contribution in [2.24, 2.45) is 0 Å². The molecule has 3 heterocycles. The number of hydrogen-bond acceptors (Lipinski definition) is 5. The smallest absolute Gasteiger partial charge is 0.107 e. The van der Waals surface area contributed by atoms with Gasteiger partial charge in [0, 0.05) is 37.1 Å². The minimum Gasteiger partial charge on any atom is -0.373 e. The van der Waals surface area contributed by atoms with Gasteiger partial charge in [0.1, 0.15) is 5.01 Å². The predicted molar refractivity (Wildman–Crippen MR) is 84.0 cm³/mol. The first-order valence-electron chi connectivity index (χ1n) is 7.11. The highest BCUT2D eigenvalue weighted by atomic mass is 32.1. The summed E-state index contributed by atoms with van der Waals surface area (Å²) in [7, 11) is 0. The van der Waals surface area contributed by atoms with Gasteiger partial charge in [-0.1, -0.05) is 6.08 Å². The highest BCUT2D eigenvalue weighted by Gasteiger charge is 2.19. The largest absolute Gasteiger partial charge is 0.373 e. The molecule has 0 N–H and O–H groups in total. The Morgan fingerprint density at radius 2 is 2.38 bits per heavy atom. The molecule has 3 rings (SSSR count). The number of thiazole rings is 1. The van der Waals surface area contributed by atoms with E-state index in [1.165, 1.54) is 21.7 Å². The van der Waals surface area contributed by atoms with Crippen LogP contribution >= 0.6 is 11.3 Å². The molecule has 0 unspecified atom stereocenters. The second-order valence-corrected chi connectivity index (χ2v) is 6.11. The zero-order valence-electron chi connectivity index (χ0n) is 12.0. The van der Waals surface area contributed by atoms with Crippen molar-refractivity contribution in [1.29, 1.82) is 0 Å². The van der Waals surface area contributed by atoms with E-state index in [2.05, 4.69) is 21.4 Å². The highest BCUT2D eigenvalue weighted by Crippen LogP contribution is 2.23. The van der Waals surface area contributed by atoms with Crippen molar-refractivity contribution in [2.75, 3.05) is 13.2 Å². The van der Waals surface area contributed by atoms with Gasteiger partial charge >= 0.3 is 0 Å². The third-order valence-electron chi connectivity index (χ3n) is 3.64. The molecular weight excluding hydrogens is 282 g/mol. The van der Waals surface area contributed by atoms with Gasteiger partial charge in [-0.2, -0.15) is 0 Å². The van der Waals surface area contributed by atoms with Gasteiger partial charge in [0.05, 0.1) is 19.8 Å². The maximum atomic E-state index is 5.57. The van der Waals surface area contributed by atoms with Crippen LogP contribution < -0.4 is 0 Å². The summed E-state index contributed by atoms with van der Waals surface area (Å²) in [6, 6.07) is 0. The predicted octanol–water partition coefficient (Wildman–Crippen LogP) is 2.80. The molecule has 110 valence electrons. The summed E-state index contributed by atoms with van der Waals surface area (Å²) in [5, 5.41) is 3.21. The zero-order valence-corrected chi connectivity index (χ0v) is 12.8. The lowest BCUT2D eigenvalue weighted by Gasteiger charge is -2.29. The van der Waals surface area contributed by atoms with Crippen LogP contribution in [-0.4, -0.2) is 28.0 Å². The summed E-state index contributed by atoms with van der Waals surface area (Å²) in [5.41, 5.74) is 3.94. The monoisotopic (exact) mass is 301 g/mol. The summed E-state index contributed by atoms with van der Waals surface area (Å²) in [6.45, 7) is 7.80. The fourth-order valence-electron chi connectivity index (χ4n) is 2.66. The standard InChI is InChI=1S/C16H19N3OS/c1-2-6-20-12-14-9-17-8-13-10-19(5-3-15(13)14)11-16-18-4-7-21-16/h2,4,7-9H,1,3,5-6,10-12H2. The number of pyridine rings is 1. The molecule has 0 radical (unpaired) electrons. The SMILES string of the molecule is C=CCOCc1cncc2c1CCN(Cc1nccs1)C2. The molecule has 1 aliphatic heterocycles. The molecule has 2 aromatic heterocycles. The molecular formula is C16H19N3OS. The van der Waals surface area contributed by atoms with E-state index < -0.39 is 0 Å². The Morgan fingerprint density at radius 1 is 1.43 bits per heavy atom. The minimum absolute atomic E-state index is 0.583. The second-order valence-electron chi connectivity index (χ2n) is 5.13. The van der Waals surface area contributed by atoms with Gasteiger partial charge in [0.15, 0.2) is 0 Å². The lowest BCUT2D eigenvalue weighted by molar-refractivity contribution is 0.147. The van der Waals surface area contributed by atoms with Crippen molar-refractivity contribution >= 4 is 11.3 Å². The van der Waals surface area contributed by atoms with Crippen molar-refractivity contribution in [3.05, 3.63) is 58.3 Å². The van der Waals surface area contributed by atoms with Crippen LogP contribution in [0.25, 0.3) is 0 Å². The number of fused-ring (bicyclic) bond motifs is 1. The van der Waals surface area contributed by atoms with Crippen LogP contribution in [0, 0.1) is 0 Å². The first-order valence-corrected chi connectivity index (χ1v) is 7.99. The Bertz CT molecular complexity index is 598. The fourth-order valence-corrected chi connectivity index (χ4v) is 3.32. The van der Waals surface area contributed by atoms with Crippen molar-refractivity contribution < 1.29 is 4.74 Å². The molecule has 0 bridgehead atoms. The van der Waals surface area contributed by atoms with E-state index in [4.69, 9.17) is 4.74 Å². The molecule has 2 aromatic rings. The van der Waals surface area contributed by atoms with Crippen LogP contribution in [0.5, 0.6) is 0 Å². The molecule has 0 saturated carbocycles. The fraction of sp³-hybridized carbons (Fsp3) is 0.375. The second kappa shape index (κ2) is 6.93. The lowest BCUT2D eigenvalue weighted by atomic mass is 9.97. The lowest BCUT2D eigenvalue weighted by Crippen LogP contribution is -2.30. The molecule has 0 amide bonds. The molecule has 0 spiro atoms. The molecule has 0 atom stereocenters. The number of ether oxygens (including phenoxy) is 1. The van der Waals surface area contributed by atoms with Crippen LogP contribution in [0.1, 0.15) is 21.7 Å². The van der Waals surface area contributed by atoms with Gasteiger partial charge in [-0.3, -0.25) is 9.88 Å². The average molecular weight is 301 g/mol. The van der Waals surface area contributed by atoms with Crippen LogP contribution in [-0.2, 0) is 30.9 Å². The number of rotatable bonds is 6. The van der Waals surface area contributed by atoms with Crippen molar-refractivity contribution in [2.45, 2.75) is 26.1 Å². The molecule has 0 aromatic carbocycles. The number of nitrogens with zero attached hydrogens (tertiary/aromatic N) is 3. The van der Waals surface area contributed by atoms with Gasteiger partial charge < -0.3 is 4.74 Å². The summed E-state index contributed by atoms with van der Waals surface area (Å²) < 4.78 is 5.57. The van der Waals surface area contributed by atoms with Crippen LogP contribution in [0.15, 0.2) is 36.6 Å². The van der Waals surface area contributed by atoms with E-state index in [0.29, 0.717) is 13.2 Å². The van der Waals surface area contributed by atoms with E-state index in [-0.39, 0.29) is 0 Å². The van der Waals surface area contributed by atoms with E-state index in [1.54, 1.807) is 17.4 Å². The van der Waals surface area contributed by atoms with Gasteiger partial charge in [-0.05, 0) is 23.1 Å². The zero-order chi connectivity index (χ0) is 14.5. The molecule has 5 heteroatoms. The van der Waals surface area contributed by atoms with E-state index in [9.17, 15) is 0 Å². The normalized spacial score (nSPS) is 14.9. The van der Waals surface area contributed by atoms with Crippen molar-refractivity contribution in [3.8, 4) is 0 Å². The summed E-state index contributed by atoms with van der Waals surface area (Å²) in [6.07, 6.45) is 8.61. The Hall–Kier alpha value is -1.56. The molecule has 21 heavy (non-hydrogen) atoms. The Morgan fingerprint density at radius 3 is 3.19 bits per heavy atom. The molecule has 0 fully saturated rings. The van der Waals surface area contributed by atoms with E-state index in [0.717, 1.165) is 26.1 Å². The minimum atomic E-state index is 0.583. The molecule has 0 saturated heterocycles. The Labute approximate surface area is 129 Å². The molecule has 4 nitrogen and oxygen atoms in total. The van der Waals surface area contributed by atoms with Gasteiger partial charge in [0.2, 0.25) is 0 Å². The van der Waals surface area contributed by atoms with Crippen molar-refractivity contribution in [1.82, 2.24) is 14.9 Å². The third-order valence-corrected chi connectivity index (χ3v) is 4.41. The maximum Gasteiger partial charge on any atom is 0.107 e. The van der Waals surface area contributed by atoms with Gasteiger partial charge in [0.25, 0.3) is 0 Å². The van der Waals surface area contributed by atoms with E-state index >= 15 is 0 Å². The summed E-state index contributed by atoms with van der Waals surface area (Å²) in [4.78, 5) is 11.2. The number of aromatic nitrogens is 2. The number of hydrogen-bond donors (Lipinski definition) is 0. The quantitative estimate of drug-likeness (QED) is 0.607. The maximum absolute atomic E-state index is 5.57. The highest BCUT2D eigenvalue weighted by molar-refractivity contribution is 7.09.